The summed E-state index contributed by atoms with van der Waals surface area (Å²) in [4.78, 5) is 0. The summed E-state index contributed by atoms with van der Waals surface area (Å²) >= 11 is 0. The third-order valence-corrected chi connectivity index (χ3v) is 9.38. The number of allylic oxidation sites excluding steroid dienone is 8. The maximum Gasteiger partial charge on any atom is 0.0695 e. The molecule has 212 valence electrons. The van der Waals surface area contributed by atoms with E-state index in [-0.39, 0.29) is 6.04 Å². The zero-order valence-corrected chi connectivity index (χ0v) is 25.0. The molecule has 2 heterocycles. The average Bonchev–Trinajstić information content (AvgIpc) is 3.32. The van der Waals surface area contributed by atoms with Gasteiger partial charge < -0.3 is 9.88 Å². The summed E-state index contributed by atoms with van der Waals surface area (Å²) in [5, 5.41) is 8.57. The van der Waals surface area contributed by atoms with Crippen molar-refractivity contribution in [3.05, 3.63) is 169 Å². The van der Waals surface area contributed by atoms with E-state index in [0.29, 0.717) is 5.92 Å². The molecule has 6 aromatic rings. The Kier molecular flexibility index (Phi) is 6.42. The van der Waals surface area contributed by atoms with E-state index in [1.807, 2.05) is 12.3 Å². The molecule has 44 heavy (non-hydrogen) atoms. The van der Waals surface area contributed by atoms with Crippen LogP contribution < -0.4 is 5.32 Å². The lowest BCUT2D eigenvalue weighted by atomic mass is 9.88. The number of nitrogens with one attached hydrogen (secondary N) is 1. The number of benzene rings is 5. The molecule has 1 aliphatic carbocycles. The third-order valence-electron chi connectivity index (χ3n) is 9.38. The van der Waals surface area contributed by atoms with Crippen LogP contribution in [0.15, 0.2) is 157 Å². The van der Waals surface area contributed by atoms with Gasteiger partial charge in [-0.15, -0.1) is 0 Å². The van der Waals surface area contributed by atoms with Crippen LogP contribution in [0.25, 0.3) is 55.0 Å². The van der Waals surface area contributed by atoms with Gasteiger partial charge in [-0.1, -0.05) is 128 Å². The fraction of sp³-hybridized carbons (Fsp3) is 0.0952. The van der Waals surface area contributed by atoms with Crippen LogP contribution in [-0.2, 0) is 0 Å². The average molecular weight is 567 g/mol. The summed E-state index contributed by atoms with van der Waals surface area (Å²) in [5.41, 5.74) is 11.3. The van der Waals surface area contributed by atoms with E-state index < -0.39 is 0 Å². The first kappa shape index (κ1) is 26.3. The molecule has 2 nitrogen and oxygen atoms in total. The minimum atomic E-state index is 0.198. The van der Waals surface area contributed by atoms with E-state index in [1.165, 1.54) is 71.7 Å². The van der Waals surface area contributed by atoms with Crippen molar-refractivity contribution in [2.24, 2.45) is 5.92 Å². The molecule has 2 atom stereocenters. The summed E-state index contributed by atoms with van der Waals surface area (Å²) in [5.74, 6) is 0.350. The Bertz CT molecular complexity index is 2200. The number of nitrogens with zero attached hydrogens (tertiary/aromatic N) is 1. The minimum Gasteiger partial charge on any atom is -0.381 e. The van der Waals surface area contributed by atoms with E-state index in [4.69, 9.17) is 0 Å². The van der Waals surface area contributed by atoms with Crippen LogP contribution >= 0.6 is 0 Å². The SMILES string of the molecule is CC1=CC=CC=C(c2ccc3c4c5ccccc5c(-c5ccc(C6C=CC=CN6)cc5)cc4n(-c4ccccc4)c3c2)C1C. The number of rotatable bonds is 4. The molecule has 0 bridgehead atoms. The van der Waals surface area contributed by atoms with Gasteiger partial charge in [0.2, 0.25) is 0 Å². The van der Waals surface area contributed by atoms with E-state index >= 15 is 0 Å². The summed E-state index contributed by atoms with van der Waals surface area (Å²) in [6.45, 7) is 4.54. The Morgan fingerprint density at radius 2 is 1.39 bits per heavy atom. The lowest BCUT2D eigenvalue weighted by Gasteiger charge is -2.17. The van der Waals surface area contributed by atoms with Gasteiger partial charge in [-0.05, 0) is 82.1 Å². The van der Waals surface area contributed by atoms with Gasteiger partial charge >= 0.3 is 0 Å². The molecule has 2 heteroatoms. The summed E-state index contributed by atoms with van der Waals surface area (Å²) in [6, 6.07) is 38.4. The maximum absolute atomic E-state index is 3.44. The zero-order valence-electron chi connectivity index (χ0n) is 25.0. The van der Waals surface area contributed by atoms with Crippen molar-refractivity contribution in [1.29, 1.82) is 0 Å². The highest BCUT2D eigenvalue weighted by Gasteiger charge is 2.20. The number of fused-ring (bicyclic) bond motifs is 5. The largest absolute Gasteiger partial charge is 0.381 e. The van der Waals surface area contributed by atoms with Gasteiger partial charge in [0, 0.05) is 22.4 Å². The summed E-state index contributed by atoms with van der Waals surface area (Å²) < 4.78 is 2.46. The first-order chi connectivity index (χ1) is 21.7. The Balaban J connectivity index is 1.39. The minimum absolute atomic E-state index is 0.198. The van der Waals surface area contributed by atoms with Crippen molar-refractivity contribution < 1.29 is 0 Å². The highest BCUT2D eigenvalue weighted by Crippen LogP contribution is 2.43. The Hall–Kier alpha value is -5.34. The van der Waals surface area contributed by atoms with E-state index in [9.17, 15) is 0 Å². The Morgan fingerprint density at radius 1 is 0.636 bits per heavy atom. The lowest BCUT2D eigenvalue weighted by molar-refractivity contribution is 0.746. The molecular formula is C42H34N2. The predicted octanol–water partition coefficient (Wildman–Crippen LogP) is 10.9. The standard InChI is InChI=1S/C42H34N2/c1-28-12-6-7-15-34(29(28)2)32-23-24-37-40(26-32)44(33-13-4-3-5-14-33)41-27-38(35-16-8-9-17-36(35)42(37)41)30-19-21-31(22-20-30)39-18-10-11-25-43-39/h3-27,29,39,43H,1-2H3. The lowest BCUT2D eigenvalue weighted by Crippen LogP contribution is -2.14. The molecule has 0 radical (unpaired) electrons. The van der Waals surface area contributed by atoms with Gasteiger partial charge in [-0.2, -0.15) is 0 Å². The molecule has 1 aliphatic heterocycles. The van der Waals surface area contributed by atoms with Crippen molar-refractivity contribution in [1.82, 2.24) is 9.88 Å². The van der Waals surface area contributed by atoms with Gasteiger partial charge in [0.15, 0.2) is 0 Å². The van der Waals surface area contributed by atoms with Crippen LogP contribution in [0.1, 0.15) is 31.0 Å². The monoisotopic (exact) mass is 566 g/mol. The van der Waals surface area contributed by atoms with Crippen molar-refractivity contribution in [3.63, 3.8) is 0 Å². The van der Waals surface area contributed by atoms with Crippen LogP contribution in [-0.4, -0.2) is 4.57 Å². The second kappa shape index (κ2) is 10.7. The molecule has 8 rings (SSSR count). The zero-order chi connectivity index (χ0) is 29.6. The summed E-state index contributed by atoms with van der Waals surface area (Å²) in [6.07, 6.45) is 17.2. The van der Waals surface area contributed by atoms with E-state index in [2.05, 4.69) is 163 Å². The van der Waals surface area contributed by atoms with Crippen LogP contribution in [0.2, 0.25) is 0 Å². The number of para-hydroxylation sites is 1. The third kappa shape index (κ3) is 4.34. The molecule has 0 amide bonds. The van der Waals surface area contributed by atoms with Crippen LogP contribution in [0.3, 0.4) is 0 Å². The highest BCUT2D eigenvalue weighted by molar-refractivity contribution is 6.24. The second-order valence-electron chi connectivity index (χ2n) is 11.9. The fourth-order valence-electron chi connectivity index (χ4n) is 6.92. The maximum atomic E-state index is 3.44. The number of aromatic nitrogens is 1. The number of hydrogen-bond donors (Lipinski definition) is 1. The normalized spacial score (nSPS) is 18.0. The molecule has 5 aromatic carbocycles. The predicted molar refractivity (Wildman–Crippen MR) is 188 cm³/mol. The molecule has 0 saturated carbocycles. The van der Waals surface area contributed by atoms with Gasteiger partial charge in [0.1, 0.15) is 0 Å². The highest BCUT2D eigenvalue weighted by atomic mass is 15.0. The van der Waals surface area contributed by atoms with Gasteiger partial charge in [0.25, 0.3) is 0 Å². The second-order valence-corrected chi connectivity index (χ2v) is 11.9. The number of hydrogen-bond acceptors (Lipinski definition) is 1. The molecular weight excluding hydrogens is 532 g/mol. The molecule has 1 N–H and O–H groups in total. The topological polar surface area (TPSA) is 17.0 Å². The Labute approximate surface area is 258 Å². The number of dihydropyridines is 1. The van der Waals surface area contributed by atoms with Crippen molar-refractivity contribution >= 4 is 38.2 Å². The van der Waals surface area contributed by atoms with Crippen molar-refractivity contribution in [2.75, 3.05) is 0 Å². The smallest absolute Gasteiger partial charge is 0.0695 e. The first-order valence-corrected chi connectivity index (χ1v) is 15.5. The van der Waals surface area contributed by atoms with Gasteiger partial charge in [0.05, 0.1) is 17.1 Å². The van der Waals surface area contributed by atoms with E-state index in [0.717, 1.165) is 0 Å². The molecule has 2 aliphatic rings. The Morgan fingerprint density at radius 3 is 2.18 bits per heavy atom. The van der Waals surface area contributed by atoms with Gasteiger partial charge in [-0.3, -0.25) is 0 Å². The van der Waals surface area contributed by atoms with E-state index in [1.54, 1.807) is 0 Å². The molecule has 0 spiro atoms. The molecule has 1 aromatic heterocycles. The summed E-state index contributed by atoms with van der Waals surface area (Å²) in [7, 11) is 0. The van der Waals surface area contributed by atoms with Crippen LogP contribution in [0.4, 0.5) is 0 Å². The fourth-order valence-corrected chi connectivity index (χ4v) is 6.92. The molecule has 0 saturated heterocycles. The molecule has 2 unspecified atom stereocenters. The van der Waals surface area contributed by atoms with Gasteiger partial charge in [-0.25, -0.2) is 0 Å². The van der Waals surface area contributed by atoms with Crippen molar-refractivity contribution in [3.8, 4) is 16.8 Å². The molecule has 0 fully saturated rings. The van der Waals surface area contributed by atoms with Crippen LogP contribution in [0, 0.1) is 5.92 Å². The van der Waals surface area contributed by atoms with Crippen molar-refractivity contribution in [2.45, 2.75) is 19.9 Å². The van der Waals surface area contributed by atoms with Crippen LogP contribution in [0.5, 0.6) is 0 Å². The first-order valence-electron chi connectivity index (χ1n) is 15.5. The quantitative estimate of drug-likeness (QED) is 0.225.